The SMILES string of the molecule is O=C(OCc1ccccc1)C(F)CN(Cc1ccccc1)Cc1ccccc1. The minimum Gasteiger partial charge on any atom is -0.459 e. The van der Waals surface area contributed by atoms with E-state index in [9.17, 15) is 9.18 Å². The van der Waals surface area contributed by atoms with E-state index in [1.807, 2.05) is 95.9 Å². The first-order chi connectivity index (χ1) is 13.7. The summed E-state index contributed by atoms with van der Waals surface area (Å²) in [6.07, 6.45) is -1.70. The second-order valence-electron chi connectivity index (χ2n) is 6.70. The fourth-order valence-electron chi connectivity index (χ4n) is 2.99. The summed E-state index contributed by atoms with van der Waals surface area (Å²) in [7, 11) is 0. The van der Waals surface area contributed by atoms with Gasteiger partial charge in [0.15, 0.2) is 0 Å². The van der Waals surface area contributed by atoms with Crippen molar-refractivity contribution in [2.45, 2.75) is 25.9 Å². The number of carbonyl (C=O) groups is 1. The summed E-state index contributed by atoms with van der Waals surface area (Å²) in [5.74, 6) is -0.824. The van der Waals surface area contributed by atoms with Crippen LogP contribution in [0.5, 0.6) is 0 Å². The second-order valence-corrected chi connectivity index (χ2v) is 6.70. The summed E-state index contributed by atoms with van der Waals surface area (Å²) < 4.78 is 19.8. The van der Waals surface area contributed by atoms with E-state index in [-0.39, 0.29) is 13.2 Å². The molecule has 3 aromatic rings. The van der Waals surface area contributed by atoms with Gasteiger partial charge in [-0.1, -0.05) is 91.0 Å². The van der Waals surface area contributed by atoms with Gasteiger partial charge in [-0.2, -0.15) is 0 Å². The van der Waals surface area contributed by atoms with Gasteiger partial charge in [-0.25, -0.2) is 9.18 Å². The molecule has 0 heterocycles. The third-order valence-electron chi connectivity index (χ3n) is 4.40. The van der Waals surface area contributed by atoms with Crippen molar-refractivity contribution in [2.24, 2.45) is 0 Å². The summed E-state index contributed by atoms with van der Waals surface area (Å²) in [6.45, 7) is 1.18. The number of esters is 1. The number of carbonyl (C=O) groups excluding carboxylic acids is 1. The van der Waals surface area contributed by atoms with E-state index in [1.54, 1.807) is 0 Å². The maximum atomic E-state index is 14.6. The van der Waals surface area contributed by atoms with Crippen LogP contribution in [0.25, 0.3) is 0 Å². The highest BCUT2D eigenvalue weighted by molar-refractivity contribution is 5.74. The highest BCUT2D eigenvalue weighted by Crippen LogP contribution is 2.13. The van der Waals surface area contributed by atoms with E-state index in [2.05, 4.69) is 0 Å². The fraction of sp³-hybridized carbons (Fsp3) is 0.208. The van der Waals surface area contributed by atoms with Crippen LogP contribution < -0.4 is 0 Å². The number of hydrogen-bond acceptors (Lipinski definition) is 3. The Labute approximate surface area is 165 Å². The van der Waals surface area contributed by atoms with Crippen molar-refractivity contribution in [3.05, 3.63) is 108 Å². The van der Waals surface area contributed by atoms with Crippen LogP contribution in [0.4, 0.5) is 4.39 Å². The minimum atomic E-state index is -1.70. The van der Waals surface area contributed by atoms with Crippen LogP contribution in [0.3, 0.4) is 0 Å². The molecule has 144 valence electrons. The first kappa shape index (κ1) is 19.8. The van der Waals surface area contributed by atoms with Crippen LogP contribution in [-0.4, -0.2) is 23.6 Å². The second kappa shape index (κ2) is 10.4. The summed E-state index contributed by atoms with van der Waals surface area (Å²) in [6, 6.07) is 29.0. The lowest BCUT2D eigenvalue weighted by Gasteiger charge is -2.24. The van der Waals surface area contributed by atoms with Gasteiger partial charge >= 0.3 is 5.97 Å². The number of nitrogens with zero attached hydrogens (tertiary/aromatic N) is 1. The highest BCUT2D eigenvalue weighted by Gasteiger charge is 2.23. The quantitative estimate of drug-likeness (QED) is 0.503. The van der Waals surface area contributed by atoms with Gasteiger partial charge in [0.1, 0.15) is 6.61 Å². The molecule has 1 unspecified atom stereocenters. The Balaban J connectivity index is 1.61. The molecule has 0 saturated heterocycles. The van der Waals surface area contributed by atoms with Gasteiger partial charge in [0.05, 0.1) is 0 Å². The van der Waals surface area contributed by atoms with E-state index in [0.717, 1.165) is 16.7 Å². The number of rotatable bonds is 9. The lowest BCUT2D eigenvalue weighted by atomic mass is 10.1. The lowest BCUT2D eigenvalue weighted by Crippen LogP contribution is -2.34. The van der Waals surface area contributed by atoms with Gasteiger partial charge in [0.2, 0.25) is 6.17 Å². The van der Waals surface area contributed by atoms with Gasteiger partial charge in [-0.05, 0) is 16.7 Å². The van der Waals surface area contributed by atoms with Gasteiger partial charge in [0, 0.05) is 19.6 Å². The molecule has 3 rings (SSSR count). The minimum absolute atomic E-state index is 0.0165. The molecule has 3 nitrogen and oxygen atoms in total. The zero-order valence-electron chi connectivity index (χ0n) is 15.7. The molecule has 0 aliphatic heterocycles. The molecule has 0 radical (unpaired) electrons. The van der Waals surface area contributed by atoms with E-state index < -0.39 is 12.1 Å². The van der Waals surface area contributed by atoms with Crippen LogP contribution >= 0.6 is 0 Å². The molecule has 0 N–H and O–H groups in total. The molecule has 0 bridgehead atoms. The molecular formula is C24H24FNO2. The van der Waals surface area contributed by atoms with Crippen LogP contribution in [0, 0.1) is 0 Å². The largest absolute Gasteiger partial charge is 0.459 e. The van der Waals surface area contributed by atoms with E-state index in [1.165, 1.54) is 0 Å². The molecular weight excluding hydrogens is 353 g/mol. The lowest BCUT2D eigenvalue weighted by molar-refractivity contribution is -0.151. The summed E-state index contributed by atoms with van der Waals surface area (Å²) >= 11 is 0. The third kappa shape index (κ3) is 6.32. The Hall–Kier alpha value is -2.98. The Kier molecular flexibility index (Phi) is 7.33. The zero-order valence-corrected chi connectivity index (χ0v) is 15.7. The molecule has 0 aromatic heterocycles. The normalized spacial score (nSPS) is 11.9. The maximum absolute atomic E-state index is 14.6. The van der Waals surface area contributed by atoms with Gasteiger partial charge < -0.3 is 4.74 Å². The predicted octanol–water partition coefficient (Wildman–Crippen LogP) is 4.77. The average molecular weight is 377 g/mol. The molecule has 28 heavy (non-hydrogen) atoms. The summed E-state index contributed by atoms with van der Waals surface area (Å²) in [4.78, 5) is 14.1. The molecule has 0 spiro atoms. The van der Waals surface area contributed by atoms with Crippen LogP contribution in [0.1, 0.15) is 16.7 Å². The summed E-state index contributed by atoms with van der Waals surface area (Å²) in [5.41, 5.74) is 2.99. The van der Waals surface area contributed by atoms with Crippen molar-refractivity contribution >= 4 is 5.97 Å². The molecule has 0 aliphatic rings. The van der Waals surface area contributed by atoms with Crippen LogP contribution in [0.15, 0.2) is 91.0 Å². The fourth-order valence-corrected chi connectivity index (χ4v) is 2.99. The number of alkyl halides is 1. The van der Waals surface area contributed by atoms with Crippen molar-refractivity contribution in [1.29, 1.82) is 0 Å². The number of halogens is 1. The Morgan fingerprint density at radius 1 is 0.750 bits per heavy atom. The maximum Gasteiger partial charge on any atom is 0.342 e. The molecule has 0 fully saturated rings. The van der Waals surface area contributed by atoms with Gasteiger partial charge in [-0.3, -0.25) is 4.90 Å². The standard InChI is InChI=1S/C24H24FNO2/c25-23(24(27)28-19-22-14-8-3-9-15-22)18-26(16-20-10-4-1-5-11-20)17-21-12-6-2-7-13-21/h1-15,23H,16-19H2. The monoisotopic (exact) mass is 377 g/mol. The van der Waals surface area contributed by atoms with Crippen molar-refractivity contribution in [2.75, 3.05) is 6.54 Å². The van der Waals surface area contributed by atoms with Crippen molar-refractivity contribution in [3.63, 3.8) is 0 Å². The van der Waals surface area contributed by atoms with Crippen LogP contribution in [-0.2, 0) is 29.2 Å². The number of benzene rings is 3. The van der Waals surface area contributed by atoms with Crippen molar-refractivity contribution in [1.82, 2.24) is 4.90 Å². The topological polar surface area (TPSA) is 29.5 Å². The van der Waals surface area contributed by atoms with Gasteiger partial charge in [-0.15, -0.1) is 0 Å². The average Bonchev–Trinajstić information content (AvgIpc) is 2.74. The van der Waals surface area contributed by atoms with Gasteiger partial charge in [0.25, 0.3) is 0 Å². The van der Waals surface area contributed by atoms with Crippen molar-refractivity contribution in [3.8, 4) is 0 Å². The van der Waals surface area contributed by atoms with E-state index in [0.29, 0.717) is 13.1 Å². The molecule has 0 amide bonds. The highest BCUT2D eigenvalue weighted by atomic mass is 19.1. The Bertz CT molecular complexity index is 799. The molecule has 4 heteroatoms. The first-order valence-electron chi connectivity index (χ1n) is 9.35. The zero-order chi connectivity index (χ0) is 19.6. The third-order valence-corrected chi connectivity index (χ3v) is 4.40. The number of hydrogen-bond donors (Lipinski definition) is 0. The summed E-state index contributed by atoms with van der Waals surface area (Å²) in [5, 5.41) is 0. The molecule has 0 aliphatic carbocycles. The van der Waals surface area contributed by atoms with E-state index >= 15 is 0 Å². The Morgan fingerprint density at radius 2 is 1.18 bits per heavy atom. The van der Waals surface area contributed by atoms with Crippen molar-refractivity contribution < 1.29 is 13.9 Å². The number of ether oxygens (including phenoxy) is 1. The van der Waals surface area contributed by atoms with Crippen LogP contribution in [0.2, 0.25) is 0 Å². The predicted molar refractivity (Wildman–Crippen MR) is 108 cm³/mol. The van der Waals surface area contributed by atoms with E-state index in [4.69, 9.17) is 4.74 Å². The first-order valence-corrected chi connectivity index (χ1v) is 9.35. The molecule has 0 saturated carbocycles. The Morgan fingerprint density at radius 3 is 1.64 bits per heavy atom. The molecule has 3 aromatic carbocycles. The molecule has 1 atom stereocenters. The smallest absolute Gasteiger partial charge is 0.342 e.